The third kappa shape index (κ3) is 4.47. The summed E-state index contributed by atoms with van der Waals surface area (Å²) in [5.41, 5.74) is 11.0. The van der Waals surface area contributed by atoms with Crippen molar-refractivity contribution in [3.05, 3.63) is 188 Å². The van der Waals surface area contributed by atoms with Crippen LogP contribution in [-0.4, -0.2) is 9.13 Å². The first kappa shape index (κ1) is 29.6. The van der Waals surface area contributed by atoms with Crippen LogP contribution in [0.3, 0.4) is 0 Å². The van der Waals surface area contributed by atoms with Gasteiger partial charge >= 0.3 is 0 Å². The number of benzene rings is 8. The minimum Gasteiger partial charge on any atom is -0.456 e. The molecule has 0 atom stereocenters. The van der Waals surface area contributed by atoms with Gasteiger partial charge in [-0.15, -0.1) is 0 Å². The Balaban J connectivity index is 1.25. The van der Waals surface area contributed by atoms with Crippen molar-refractivity contribution in [3.63, 3.8) is 0 Å². The van der Waals surface area contributed by atoms with Crippen LogP contribution in [0.4, 0.5) is 21.5 Å². The molecule has 0 unspecified atom stereocenters. The molecule has 0 saturated carbocycles. The Bertz CT molecular complexity index is 3190. The Labute approximate surface area is 303 Å². The fraction of sp³-hybridized carbons (Fsp3) is 0. The highest BCUT2D eigenvalue weighted by atomic mass is 19.1. The molecule has 11 rings (SSSR count). The van der Waals surface area contributed by atoms with E-state index in [1.54, 1.807) is 12.1 Å². The molecule has 0 fully saturated rings. The van der Waals surface area contributed by atoms with Gasteiger partial charge in [0.25, 0.3) is 0 Å². The third-order valence-corrected chi connectivity index (χ3v) is 10.5. The summed E-state index contributed by atoms with van der Waals surface area (Å²) in [4.78, 5) is 2.34. The summed E-state index contributed by atoms with van der Waals surface area (Å²) in [5, 5.41) is 6.28. The summed E-state index contributed by atoms with van der Waals surface area (Å²) in [7, 11) is 0. The highest BCUT2D eigenvalue weighted by Gasteiger charge is 2.23. The quantitative estimate of drug-likeness (QED) is 0.180. The normalized spacial score (nSPS) is 11.9. The lowest BCUT2D eigenvalue weighted by Crippen LogP contribution is -2.11. The maximum atomic E-state index is 15.1. The number of fused-ring (bicyclic) bond motifs is 9. The van der Waals surface area contributed by atoms with Crippen molar-refractivity contribution in [2.24, 2.45) is 0 Å². The summed E-state index contributed by atoms with van der Waals surface area (Å²) in [6.45, 7) is 0. The smallest absolute Gasteiger partial charge is 0.135 e. The Morgan fingerprint density at radius 1 is 0.396 bits per heavy atom. The third-order valence-electron chi connectivity index (χ3n) is 10.5. The Morgan fingerprint density at radius 2 is 0.962 bits per heavy atom. The number of hydrogen-bond donors (Lipinski definition) is 0. The molecule has 250 valence electrons. The largest absolute Gasteiger partial charge is 0.456 e. The first-order chi connectivity index (χ1) is 26.2. The number of aromatic nitrogens is 2. The van der Waals surface area contributed by atoms with E-state index in [0.29, 0.717) is 0 Å². The molecule has 4 nitrogen and oxygen atoms in total. The fourth-order valence-electron chi connectivity index (χ4n) is 8.28. The minimum atomic E-state index is -0.263. The standard InChI is InChI=1S/C48H30FN3O/c49-31-22-25-43-39(28-31)40-29-34(23-26-44(40)51(43)32-12-3-1-4-13-32)50(35-24-27-47-41(30-35)37-17-8-10-21-46(37)53-47)45-20-11-18-38-36-16-7-9-19-42(36)52(48(38)45)33-14-5-2-6-15-33/h1-30H. The second-order valence-electron chi connectivity index (χ2n) is 13.5. The van der Waals surface area contributed by atoms with Crippen molar-refractivity contribution in [1.29, 1.82) is 0 Å². The van der Waals surface area contributed by atoms with E-state index in [1.165, 1.54) is 5.39 Å². The Kier molecular flexibility index (Phi) is 6.40. The number of furan rings is 1. The lowest BCUT2D eigenvalue weighted by atomic mass is 10.1. The van der Waals surface area contributed by atoms with Gasteiger partial charge in [0.05, 0.1) is 27.8 Å². The molecule has 53 heavy (non-hydrogen) atoms. The molecule has 0 radical (unpaired) electrons. The van der Waals surface area contributed by atoms with Crippen LogP contribution in [0.1, 0.15) is 0 Å². The van der Waals surface area contributed by atoms with Crippen molar-refractivity contribution in [2.75, 3.05) is 4.90 Å². The lowest BCUT2D eigenvalue weighted by molar-refractivity contribution is 0.629. The van der Waals surface area contributed by atoms with Gasteiger partial charge in [0.1, 0.15) is 17.0 Å². The molecular formula is C48H30FN3O. The Hall–Kier alpha value is -7.11. The van der Waals surface area contributed by atoms with Crippen molar-refractivity contribution < 1.29 is 8.81 Å². The molecule has 5 heteroatoms. The fourth-order valence-corrected chi connectivity index (χ4v) is 8.28. The summed E-state index contributed by atoms with van der Waals surface area (Å²) < 4.78 is 25.9. The molecule has 0 aliphatic carbocycles. The van der Waals surface area contributed by atoms with E-state index in [4.69, 9.17) is 4.42 Å². The average molecular weight is 684 g/mol. The second-order valence-corrected chi connectivity index (χ2v) is 13.5. The number of para-hydroxylation sites is 5. The predicted molar refractivity (Wildman–Crippen MR) is 217 cm³/mol. The van der Waals surface area contributed by atoms with Crippen molar-refractivity contribution in [1.82, 2.24) is 9.13 Å². The summed E-state index contributed by atoms with van der Waals surface area (Å²) >= 11 is 0. The van der Waals surface area contributed by atoms with Gasteiger partial charge in [-0.3, -0.25) is 0 Å². The zero-order valence-electron chi connectivity index (χ0n) is 28.4. The van der Waals surface area contributed by atoms with E-state index >= 15 is 4.39 Å². The molecule has 0 spiro atoms. The maximum absolute atomic E-state index is 15.1. The van der Waals surface area contributed by atoms with Gasteiger partial charge in [0, 0.05) is 55.1 Å². The van der Waals surface area contributed by atoms with Gasteiger partial charge in [-0.25, -0.2) is 4.39 Å². The minimum absolute atomic E-state index is 0.263. The van der Waals surface area contributed by atoms with E-state index in [-0.39, 0.29) is 5.82 Å². The van der Waals surface area contributed by atoms with E-state index in [2.05, 4.69) is 147 Å². The highest BCUT2D eigenvalue weighted by molar-refractivity contribution is 6.16. The molecule has 0 N–H and O–H groups in total. The molecule has 0 bridgehead atoms. The molecule has 0 aliphatic heterocycles. The van der Waals surface area contributed by atoms with E-state index < -0.39 is 0 Å². The molecule has 11 aromatic rings. The highest BCUT2D eigenvalue weighted by Crippen LogP contribution is 2.46. The van der Waals surface area contributed by atoms with Crippen LogP contribution in [0.2, 0.25) is 0 Å². The molecule has 3 aromatic heterocycles. The summed E-state index contributed by atoms with van der Waals surface area (Å²) in [5.74, 6) is -0.263. The monoisotopic (exact) mass is 683 g/mol. The van der Waals surface area contributed by atoms with Crippen LogP contribution in [0, 0.1) is 5.82 Å². The summed E-state index contributed by atoms with van der Waals surface area (Å²) in [6.07, 6.45) is 0. The van der Waals surface area contributed by atoms with Crippen LogP contribution in [0.25, 0.3) is 76.9 Å². The number of halogens is 1. The van der Waals surface area contributed by atoms with Crippen molar-refractivity contribution in [3.8, 4) is 11.4 Å². The first-order valence-electron chi connectivity index (χ1n) is 17.8. The number of hydrogen-bond acceptors (Lipinski definition) is 2. The van der Waals surface area contributed by atoms with Crippen LogP contribution in [0.15, 0.2) is 186 Å². The Morgan fingerprint density at radius 3 is 1.75 bits per heavy atom. The van der Waals surface area contributed by atoms with Crippen molar-refractivity contribution >= 4 is 82.6 Å². The van der Waals surface area contributed by atoms with Gasteiger partial charge in [-0.2, -0.15) is 0 Å². The molecule has 0 amide bonds. The number of rotatable bonds is 5. The number of anilines is 3. The van der Waals surface area contributed by atoms with Gasteiger partial charge in [0.15, 0.2) is 0 Å². The zero-order valence-corrected chi connectivity index (χ0v) is 28.4. The first-order valence-corrected chi connectivity index (χ1v) is 17.8. The average Bonchev–Trinajstić information content (AvgIpc) is 3.86. The second kappa shape index (κ2) is 11.5. The molecular weight excluding hydrogens is 654 g/mol. The zero-order chi connectivity index (χ0) is 35.0. The van der Waals surface area contributed by atoms with Gasteiger partial charge in [-0.1, -0.05) is 84.9 Å². The molecule has 0 aliphatic rings. The SMILES string of the molecule is Fc1ccc2c(c1)c1cc(N(c3ccc4oc5ccccc5c4c3)c3cccc4c5ccccc5n(-c5ccccc5)c34)ccc1n2-c1ccccc1. The maximum Gasteiger partial charge on any atom is 0.135 e. The predicted octanol–water partition coefficient (Wildman–Crippen LogP) is 13.4. The van der Waals surface area contributed by atoms with Crippen LogP contribution in [0.5, 0.6) is 0 Å². The summed E-state index contributed by atoms with van der Waals surface area (Å²) in [6, 6.07) is 62.3. The van der Waals surface area contributed by atoms with Crippen LogP contribution in [-0.2, 0) is 0 Å². The number of nitrogens with zero attached hydrogens (tertiary/aromatic N) is 3. The van der Waals surface area contributed by atoms with Gasteiger partial charge in [-0.05, 0) is 97.1 Å². The van der Waals surface area contributed by atoms with Crippen molar-refractivity contribution in [2.45, 2.75) is 0 Å². The van der Waals surface area contributed by atoms with Crippen LogP contribution >= 0.6 is 0 Å². The van der Waals surface area contributed by atoms with Crippen LogP contribution < -0.4 is 4.90 Å². The van der Waals surface area contributed by atoms with E-state index in [1.807, 2.05) is 36.4 Å². The molecule has 3 heterocycles. The van der Waals surface area contributed by atoms with E-state index in [9.17, 15) is 0 Å². The van der Waals surface area contributed by atoms with Gasteiger partial charge in [0.2, 0.25) is 0 Å². The molecule has 0 saturated heterocycles. The lowest BCUT2D eigenvalue weighted by Gasteiger charge is -2.27. The topological polar surface area (TPSA) is 26.2 Å². The van der Waals surface area contributed by atoms with E-state index in [0.717, 1.165) is 88.6 Å². The molecule has 8 aromatic carbocycles. The van der Waals surface area contributed by atoms with Gasteiger partial charge < -0.3 is 18.5 Å².